The second-order valence-electron chi connectivity index (χ2n) is 7.80. The number of rotatable bonds is 5. The van der Waals surface area contributed by atoms with Gasteiger partial charge in [-0.3, -0.25) is 20.4 Å². The predicted octanol–water partition coefficient (Wildman–Crippen LogP) is 2.65. The lowest BCUT2D eigenvalue weighted by atomic mass is 9.87. The maximum Gasteiger partial charge on any atom is 0.269 e. The van der Waals surface area contributed by atoms with Crippen LogP contribution in [0, 0.1) is 5.82 Å². The van der Waals surface area contributed by atoms with Crippen molar-refractivity contribution in [1.29, 1.82) is 0 Å². The molecule has 8 nitrogen and oxygen atoms in total. The summed E-state index contributed by atoms with van der Waals surface area (Å²) in [4.78, 5) is 24.0. The number of carbonyl (C=O) groups excluding carboxylic acids is 2. The van der Waals surface area contributed by atoms with Crippen molar-refractivity contribution in [3.63, 3.8) is 0 Å². The number of hydrogen-bond acceptors (Lipinski definition) is 6. The van der Waals surface area contributed by atoms with Gasteiger partial charge in [0.25, 0.3) is 5.91 Å². The van der Waals surface area contributed by atoms with Gasteiger partial charge in [0, 0.05) is 11.1 Å². The van der Waals surface area contributed by atoms with Crippen LogP contribution in [0.4, 0.5) is 4.39 Å². The zero-order valence-corrected chi connectivity index (χ0v) is 18.2. The summed E-state index contributed by atoms with van der Waals surface area (Å²) in [5.74, 6) is 5.07. The zero-order chi connectivity index (χ0) is 22.6. The van der Waals surface area contributed by atoms with Gasteiger partial charge in [0.2, 0.25) is 11.1 Å². The maximum atomic E-state index is 12.9. The summed E-state index contributed by atoms with van der Waals surface area (Å²) in [5, 5.41) is 8.50. The number of aromatic nitrogens is 3. The number of hydrazine groups is 1. The Bertz CT molecular complexity index is 1070. The molecular weight excluding hydrogens is 419 g/mol. The Labute approximate surface area is 183 Å². The van der Waals surface area contributed by atoms with E-state index in [1.807, 2.05) is 24.3 Å². The molecule has 0 fully saturated rings. The minimum atomic E-state index is -0.554. The number of nitrogens with two attached hydrogens (primary N) is 1. The zero-order valence-electron chi connectivity index (χ0n) is 17.3. The van der Waals surface area contributed by atoms with Gasteiger partial charge in [0.1, 0.15) is 5.82 Å². The molecule has 4 N–H and O–H groups in total. The summed E-state index contributed by atoms with van der Waals surface area (Å²) >= 11 is 1.08. The van der Waals surface area contributed by atoms with Gasteiger partial charge in [0.05, 0.1) is 5.75 Å². The minimum absolute atomic E-state index is 0.0371. The number of amides is 2. The highest BCUT2D eigenvalue weighted by molar-refractivity contribution is 7.99. The Morgan fingerprint density at radius 2 is 1.68 bits per heavy atom. The van der Waals surface area contributed by atoms with E-state index in [-0.39, 0.29) is 16.7 Å². The Balaban J connectivity index is 1.55. The summed E-state index contributed by atoms with van der Waals surface area (Å²) < 4.78 is 14.2. The van der Waals surface area contributed by atoms with Crippen molar-refractivity contribution in [1.82, 2.24) is 25.7 Å². The molecule has 3 aromatic rings. The third-order valence-electron chi connectivity index (χ3n) is 4.43. The van der Waals surface area contributed by atoms with Crippen molar-refractivity contribution in [3.8, 4) is 11.4 Å². The number of nitrogen functional groups attached to an aromatic ring is 1. The fraction of sp³-hybridized carbons (Fsp3) is 0.238. The molecule has 0 aliphatic rings. The van der Waals surface area contributed by atoms with Gasteiger partial charge in [-0.15, -0.1) is 10.2 Å². The summed E-state index contributed by atoms with van der Waals surface area (Å²) in [5.41, 5.74) is 6.82. The fourth-order valence-corrected chi connectivity index (χ4v) is 3.31. The molecule has 2 amide bonds. The third kappa shape index (κ3) is 5.60. The maximum absolute atomic E-state index is 12.9. The number of halogens is 1. The predicted molar refractivity (Wildman–Crippen MR) is 117 cm³/mol. The van der Waals surface area contributed by atoms with Crippen molar-refractivity contribution >= 4 is 23.6 Å². The number of carbonyl (C=O) groups is 2. The van der Waals surface area contributed by atoms with Gasteiger partial charge >= 0.3 is 0 Å². The van der Waals surface area contributed by atoms with Crippen LogP contribution in [-0.2, 0) is 10.2 Å². The normalized spacial score (nSPS) is 11.2. The van der Waals surface area contributed by atoms with Crippen molar-refractivity contribution in [3.05, 3.63) is 65.5 Å². The van der Waals surface area contributed by atoms with Crippen molar-refractivity contribution in [2.75, 3.05) is 11.6 Å². The molecule has 2 aromatic carbocycles. The van der Waals surface area contributed by atoms with Crippen LogP contribution in [0.5, 0.6) is 0 Å². The molecule has 31 heavy (non-hydrogen) atoms. The summed E-state index contributed by atoms with van der Waals surface area (Å²) in [6, 6.07) is 12.9. The van der Waals surface area contributed by atoms with E-state index in [0.717, 1.165) is 29.5 Å². The number of benzene rings is 2. The van der Waals surface area contributed by atoms with Crippen molar-refractivity contribution < 1.29 is 14.0 Å². The lowest BCUT2D eigenvalue weighted by Crippen LogP contribution is -2.42. The lowest BCUT2D eigenvalue weighted by Gasteiger charge is -2.19. The van der Waals surface area contributed by atoms with E-state index in [0.29, 0.717) is 11.0 Å². The first-order chi connectivity index (χ1) is 14.6. The lowest BCUT2D eigenvalue weighted by molar-refractivity contribution is -0.119. The first-order valence-corrected chi connectivity index (χ1v) is 10.4. The second kappa shape index (κ2) is 9.17. The van der Waals surface area contributed by atoms with Crippen molar-refractivity contribution in [2.45, 2.75) is 31.3 Å². The van der Waals surface area contributed by atoms with Gasteiger partial charge < -0.3 is 5.84 Å². The highest BCUT2D eigenvalue weighted by atomic mass is 32.2. The highest BCUT2D eigenvalue weighted by Crippen LogP contribution is 2.26. The average Bonchev–Trinajstić information content (AvgIpc) is 3.10. The minimum Gasteiger partial charge on any atom is -0.335 e. The van der Waals surface area contributed by atoms with Gasteiger partial charge in [0.15, 0.2) is 5.82 Å². The number of nitrogens with one attached hydrogen (secondary N) is 2. The number of nitrogens with zero attached hydrogens (tertiary/aromatic N) is 3. The van der Waals surface area contributed by atoms with E-state index >= 15 is 0 Å². The number of hydrogen-bond donors (Lipinski definition) is 3. The topological polar surface area (TPSA) is 115 Å². The Kier molecular flexibility index (Phi) is 6.59. The third-order valence-corrected chi connectivity index (χ3v) is 5.37. The molecular formula is C21H23FN6O2S. The molecule has 1 aromatic heterocycles. The molecule has 0 saturated carbocycles. The molecule has 0 saturated heterocycles. The van der Waals surface area contributed by atoms with Crippen LogP contribution in [0.15, 0.2) is 53.7 Å². The molecule has 0 aliphatic heterocycles. The first kappa shape index (κ1) is 22.3. The van der Waals surface area contributed by atoms with Crippen LogP contribution in [0.25, 0.3) is 11.4 Å². The standard InChI is InChI=1S/C21H23FN6O2S/c1-21(2,3)15-8-4-13(5-9-15)18-25-27-20(28(18)23)31-12-17(29)24-26-19(30)14-6-10-16(22)11-7-14/h4-11H,12,23H2,1-3H3,(H,24,29)(H,26,30). The van der Waals surface area contributed by atoms with E-state index in [9.17, 15) is 14.0 Å². The quantitative estimate of drug-likeness (QED) is 0.318. The molecule has 0 spiro atoms. The molecule has 0 aliphatic carbocycles. The molecule has 0 atom stereocenters. The van der Waals surface area contributed by atoms with Crippen LogP contribution < -0.4 is 16.7 Å². The van der Waals surface area contributed by atoms with E-state index < -0.39 is 17.6 Å². The van der Waals surface area contributed by atoms with E-state index in [4.69, 9.17) is 5.84 Å². The van der Waals surface area contributed by atoms with Crippen LogP contribution in [0.2, 0.25) is 0 Å². The van der Waals surface area contributed by atoms with Gasteiger partial charge in [-0.1, -0.05) is 56.8 Å². The molecule has 162 valence electrons. The van der Waals surface area contributed by atoms with Crippen LogP contribution in [-0.4, -0.2) is 32.4 Å². The van der Waals surface area contributed by atoms with E-state index in [1.165, 1.54) is 22.4 Å². The Morgan fingerprint density at radius 1 is 1.03 bits per heavy atom. The molecule has 3 rings (SSSR count). The molecule has 1 heterocycles. The largest absolute Gasteiger partial charge is 0.335 e. The average molecular weight is 443 g/mol. The first-order valence-electron chi connectivity index (χ1n) is 9.44. The SMILES string of the molecule is CC(C)(C)c1ccc(-c2nnc(SCC(=O)NNC(=O)c3ccc(F)cc3)n2N)cc1. The van der Waals surface area contributed by atoms with Crippen molar-refractivity contribution in [2.24, 2.45) is 0 Å². The monoisotopic (exact) mass is 442 g/mol. The highest BCUT2D eigenvalue weighted by Gasteiger charge is 2.17. The molecule has 0 unspecified atom stereocenters. The molecule has 0 bridgehead atoms. The Morgan fingerprint density at radius 3 is 2.29 bits per heavy atom. The van der Waals surface area contributed by atoms with E-state index in [2.05, 4.69) is 41.8 Å². The summed E-state index contributed by atoms with van der Waals surface area (Å²) in [7, 11) is 0. The smallest absolute Gasteiger partial charge is 0.269 e. The van der Waals surface area contributed by atoms with Crippen LogP contribution in [0.3, 0.4) is 0 Å². The van der Waals surface area contributed by atoms with Gasteiger partial charge in [-0.05, 0) is 35.2 Å². The molecule has 10 heteroatoms. The second-order valence-corrected chi connectivity index (χ2v) is 8.74. The van der Waals surface area contributed by atoms with Gasteiger partial charge in [-0.25, -0.2) is 9.07 Å². The van der Waals surface area contributed by atoms with Crippen LogP contribution in [0.1, 0.15) is 36.7 Å². The van der Waals surface area contributed by atoms with E-state index in [1.54, 1.807) is 0 Å². The summed E-state index contributed by atoms with van der Waals surface area (Å²) in [6.45, 7) is 6.40. The van der Waals surface area contributed by atoms with Crippen LogP contribution >= 0.6 is 11.8 Å². The Hall–Kier alpha value is -3.40. The summed E-state index contributed by atoms with van der Waals surface area (Å²) in [6.07, 6.45) is 0. The number of thioether (sulfide) groups is 1. The molecule has 0 radical (unpaired) electrons. The van der Waals surface area contributed by atoms with Gasteiger partial charge in [-0.2, -0.15) is 0 Å². The fourth-order valence-electron chi connectivity index (χ4n) is 2.66.